The normalized spacial score (nSPS) is 12.7. The number of hydrogen-bond acceptors (Lipinski definition) is 5. The minimum absolute atomic E-state index is 0.0410. The molecule has 0 unspecified atom stereocenters. The van der Waals surface area contributed by atoms with Crippen molar-refractivity contribution in [2.45, 2.75) is 12.5 Å². The molecule has 0 aliphatic rings. The van der Waals surface area contributed by atoms with Crippen LogP contribution in [0.5, 0.6) is 5.75 Å². The van der Waals surface area contributed by atoms with Crippen LogP contribution in [-0.2, 0) is 10.4 Å². The first-order valence-electron chi connectivity index (χ1n) is 10.8. The number of aliphatic hydroxyl groups is 1. The number of aromatic nitrogens is 1. The van der Waals surface area contributed by atoms with Crippen LogP contribution in [0.4, 0.5) is 0 Å². The van der Waals surface area contributed by atoms with E-state index in [1.54, 1.807) is 31.2 Å². The molecule has 1 heterocycles. The van der Waals surface area contributed by atoms with Gasteiger partial charge in [-0.2, -0.15) is 0 Å². The standard InChI is InChI=1S/C27H23BrN2O5/c1-16-23(19-14-18(28)12-13-21(19)30-24(16)17-8-4-3-5-9-17)25(31)29-15-27(34,26(32)33)20-10-6-7-11-22(20)35-2/h3-14,34H,15H2,1-2H3,(H,29,31)(H,32,33)/t27-/m0/s1. The summed E-state index contributed by atoms with van der Waals surface area (Å²) >= 11 is 3.45. The molecule has 0 saturated carbocycles. The number of aliphatic carboxylic acids is 1. The van der Waals surface area contributed by atoms with Gasteiger partial charge in [0.15, 0.2) is 0 Å². The monoisotopic (exact) mass is 534 g/mol. The Hall–Kier alpha value is -3.75. The molecule has 1 amide bonds. The molecule has 0 bridgehead atoms. The number of carbonyl (C=O) groups excluding carboxylic acids is 1. The average molecular weight is 535 g/mol. The fourth-order valence-electron chi connectivity index (χ4n) is 4.07. The smallest absolute Gasteiger partial charge is 0.342 e. The van der Waals surface area contributed by atoms with E-state index in [1.165, 1.54) is 13.2 Å². The minimum atomic E-state index is -2.40. The van der Waals surface area contributed by atoms with Crippen molar-refractivity contribution in [3.05, 3.63) is 94.0 Å². The second-order valence-corrected chi connectivity index (χ2v) is 8.95. The quantitative estimate of drug-likeness (QED) is 0.317. The molecular weight excluding hydrogens is 512 g/mol. The number of halogens is 1. The molecule has 0 aliphatic heterocycles. The number of nitrogens with zero attached hydrogens (tertiary/aromatic N) is 1. The molecule has 0 spiro atoms. The first-order chi connectivity index (χ1) is 16.8. The van der Waals surface area contributed by atoms with Crippen LogP contribution >= 0.6 is 15.9 Å². The number of ether oxygens (including phenoxy) is 1. The number of carboxylic acid groups (broad SMARTS) is 1. The van der Waals surface area contributed by atoms with Gasteiger partial charge in [0.1, 0.15) is 5.75 Å². The van der Waals surface area contributed by atoms with Gasteiger partial charge in [-0.05, 0) is 36.8 Å². The number of carbonyl (C=O) groups is 2. The van der Waals surface area contributed by atoms with E-state index >= 15 is 0 Å². The molecule has 1 aromatic heterocycles. The largest absolute Gasteiger partial charge is 0.496 e. The van der Waals surface area contributed by atoms with E-state index in [2.05, 4.69) is 21.2 Å². The minimum Gasteiger partial charge on any atom is -0.496 e. The molecule has 0 aliphatic carbocycles. The molecule has 3 N–H and O–H groups in total. The van der Waals surface area contributed by atoms with E-state index in [-0.39, 0.29) is 11.3 Å². The number of methoxy groups -OCH3 is 1. The van der Waals surface area contributed by atoms with Gasteiger partial charge in [0.25, 0.3) is 5.91 Å². The van der Waals surface area contributed by atoms with Crippen LogP contribution in [0, 0.1) is 6.92 Å². The summed E-state index contributed by atoms with van der Waals surface area (Å²) in [4.78, 5) is 30.4. The predicted molar refractivity (Wildman–Crippen MR) is 136 cm³/mol. The van der Waals surface area contributed by atoms with Crippen molar-refractivity contribution in [1.29, 1.82) is 0 Å². The summed E-state index contributed by atoms with van der Waals surface area (Å²) in [6.07, 6.45) is 0. The van der Waals surface area contributed by atoms with E-state index < -0.39 is 24.0 Å². The Balaban J connectivity index is 1.79. The number of pyridine rings is 1. The molecule has 8 heteroatoms. The van der Waals surface area contributed by atoms with Crippen molar-refractivity contribution in [2.24, 2.45) is 0 Å². The van der Waals surface area contributed by atoms with Gasteiger partial charge in [0, 0.05) is 21.0 Å². The summed E-state index contributed by atoms with van der Waals surface area (Å²) < 4.78 is 6.01. The lowest BCUT2D eigenvalue weighted by molar-refractivity contribution is -0.159. The van der Waals surface area contributed by atoms with Gasteiger partial charge in [0.05, 0.1) is 30.4 Å². The molecule has 3 aromatic carbocycles. The van der Waals surface area contributed by atoms with Crippen molar-refractivity contribution in [3.63, 3.8) is 0 Å². The Morgan fingerprint density at radius 2 is 1.74 bits per heavy atom. The van der Waals surface area contributed by atoms with Gasteiger partial charge in [-0.15, -0.1) is 0 Å². The van der Waals surface area contributed by atoms with E-state index in [4.69, 9.17) is 9.72 Å². The SMILES string of the molecule is COc1ccccc1[C@@](O)(CNC(=O)c1c(C)c(-c2ccccc2)nc2ccc(Br)cc12)C(=O)O. The highest BCUT2D eigenvalue weighted by Crippen LogP contribution is 2.33. The highest BCUT2D eigenvalue weighted by Gasteiger charge is 2.41. The lowest BCUT2D eigenvalue weighted by Gasteiger charge is -2.26. The van der Waals surface area contributed by atoms with Crippen LogP contribution in [0.25, 0.3) is 22.2 Å². The molecular formula is C27H23BrN2O5. The lowest BCUT2D eigenvalue weighted by Crippen LogP contribution is -2.47. The van der Waals surface area contributed by atoms with Gasteiger partial charge in [0.2, 0.25) is 5.60 Å². The number of rotatable bonds is 7. The maximum atomic E-state index is 13.5. The van der Waals surface area contributed by atoms with Crippen molar-refractivity contribution in [2.75, 3.05) is 13.7 Å². The zero-order valence-corrected chi connectivity index (χ0v) is 20.7. The van der Waals surface area contributed by atoms with E-state index in [9.17, 15) is 19.8 Å². The van der Waals surface area contributed by atoms with Crippen LogP contribution < -0.4 is 10.1 Å². The number of para-hydroxylation sites is 1. The van der Waals surface area contributed by atoms with E-state index in [1.807, 2.05) is 42.5 Å². The number of amides is 1. The summed E-state index contributed by atoms with van der Waals surface area (Å²) in [6.45, 7) is 1.23. The highest BCUT2D eigenvalue weighted by molar-refractivity contribution is 9.10. The molecule has 7 nitrogen and oxygen atoms in total. The first-order valence-corrected chi connectivity index (χ1v) is 11.6. The molecule has 4 aromatic rings. The third-order valence-corrected chi connectivity index (χ3v) is 6.37. The van der Waals surface area contributed by atoms with Crippen molar-refractivity contribution in [3.8, 4) is 17.0 Å². The number of hydrogen-bond donors (Lipinski definition) is 3. The fourth-order valence-corrected chi connectivity index (χ4v) is 4.43. The van der Waals surface area contributed by atoms with E-state index in [0.29, 0.717) is 27.7 Å². The van der Waals surface area contributed by atoms with Gasteiger partial charge in [-0.3, -0.25) is 4.79 Å². The van der Waals surface area contributed by atoms with Gasteiger partial charge in [-0.25, -0.2) is 9.78 Å². The average Bonchev–Trinajstić information content (AvgIpc) is 2.87. The zero-order chi connectivity index (χ0) is 25.2. The molecule has 1 atom stereocenters. The summed E-state index contributed by atoms with van der Waals surface area (Å²) in [7, 11) is 1.38. The molecule has 0 radical (unpaired) electrons. The Bertz CT molecular complexity index is 1420. The summed E-state index contributed by atoms with van der Waals surface area (Å²) in [5.41, 5.74) is 0.726. The molecule has 0 fully saturated rings. The zero-order valence-electron chi connectivity index (χ0n) is 19.1. The molecule has 178 valence electrons. The third-order valence-electron chi connectivity index (χ3n) is 5.88. The number of carboxylic acids is 1. The predicted octanol–water partition coefficient (Wildman–Crippen LogP) is 4.68. The number of benzene rings is 3. The molecule has 35 heavy (non-hydrogen) atoms. The number of fused-ring (bicyclic) bond motifs is 1. The summed E-state index contributed by atoms with van der Waals surface area (Å²) in [5, 5.41) is 24.2. The highest BCUT2D eigenvalue weighted by atomic mass is 79.9. The van der Waals surface area contributed by atoms with Crippen LogP contribution in [-0.4, -0.2) is 40.7 Å². The Morgan fingerprint density at radius 3 is 2.43 bits per heavy atom. The van der Waals surface area contributed by atoms with Crippen LogP contribution in [0.15, 0.2) is 77.3 Å². The maximum Gasteiger partial charge on any atom is 0.342 e. The first kappa shape index (κ1) is 24.4. The topological polar surface area (TPSA) is 109 Å². The van der Waals surface area contributed by atoms with Crippen molar-refractivity contribution >= 4 is 38.7 Å². The van der Waals surface area contributed by atoms with Crippen molar-refractivity contribution in [1.82, 2.24) is 10.3 Å². The Morgan fingerprint density at radius 1 is 1.06 bits per heavy atom. The van der Waals surface area contributed by atoms with Crippen molar-refractivity contribution < 1.29 is 24.5 Å². The second-order valence-electron chi connectivity index (χ2n) is 8.04. The Kier molecular flexibility index (Phi) is 6.86. The summed E-state index contributed by atoms with van der Waals surface area (Å²) in [5.74, 6) is -1.83. The van der Waals surface area contributed by atoms with E-state index in [0.717, 1.165) is 10.0 Å². The second kappa shape index (κ2) is 9.85. The Labute approximate surface area is 210 Å². The van der Waals surface area contributed by atoms with Gasteiger partial charge in [-0.1, -0.05) is 64.5 Å². The lowest BCUT2D eigenvalue weighted by atomic mass is 9.92. The number of nitrogens with one attached hydrogen (secondary N) is 1. The van der Waals surface area contributed by atoms with Gasteiger partial charge >= 0.3 is 5.97 Å². The maximum absolute atomic E-state index is 13.5. The summed E-state index contributed by atoms with van der Waals surface area (Å²) in [6, 6.07) is 21.2. The molecule has 0 saturated heterocycles. The fraction of sp³-hybridized carbons (Fsp3) is 0.148. The van der Waals surface area contributed by atoms with Gasteiger partial charge < -0.3 is 20.3 Å². The van der Waals surface area contributed by atoms with Crippen LogP contribution in [0.1, 0.15) is 21.5 Å². The molecule has 4 rings (SSSR count). The van der Waals surface area contributed by atoms with Crippen LogP contribution in [0.3, 0.4) is 0 Å². The van der Waals surface area contributed by atoms with Crippen LogP contribution in [0.2, 0.25) is 0 Å². The third kappa shape index (κ3) is 4.62.